The molecule has 5 rings (SSSR count). The Morgan fingerprint density at radius 1 is 1.09 bits per heavy atom. The number of nitrogens with one attached hydrogen (secondary N) is 3. The van der Waals surface area contributed by atoms with Crippen LogP contribution in [-0.4, -0.2) is 18.9 Å². The van der Waals surface area contributed by atoms with Gasteiger partial charge < -0.3 is 10.6 Å². The molecule has 0 radical (unpaired) electrons. The molecule has 1 aliphatic heterocycles. The summed E-state index contributed by atoms with van der Waals surface area (Å²) in [6, 6.07) is 3.74. The van der Waals surface area contributed by atoms with E-state index in [0.29, 0.717) is 22.0 Å². The first-order valence-corrected chi connectivity index (χ1v) is 12.6. The van der Waals surface area contributed by atoms with Crippen LogP contribution < -0.4 is 16.0 Å². The van der Waals surface area contributed by atoms with Gasteiger partial charge in [-0.3, -0.25) is 10.1 Å². The Morgan fingerprint density at radius 3 is 2.79 bits per heavy atom. The summed E-state index contributed by atoms with van der Waals surface area (Å²) in [4.78, 5) is 27.3. The number of hydrogen-bond acceptors (Lipinski definition) is 5. The second-order valence-electron chi connectivity index (χ2n) is 8.22. The molecule has 0 saturated carbocycles. The van der Waals surface area contributed by atoms with Gasteiger partial charge in [0.05, 0.1) is 5.56 Å². The Balaban J connectivity index is 1.39. The number of aryl methyl sites for hydroxylation is 1. The van der Waals surface area contributed by atoms with Crippen molar-refractivity contribution in [2.24, 2.45) is 0 Å². The van der Waals surface area contributed by atoms with Gasteiger partial charge in [0.25, 0.3) is 0 Å². The average molecular weight is 488 g/mol. The van der Waals surface area contributed by atoms with E-state index < -0.39 is 17.7 Å². The highest BCUT2D eigenvalue weighted by Gasteiger charge is 2.25. The van der Waals surface area contributed by atoms with Gasteiger partial charge >= 0.3 is 6.03 Å². The number of fused-ring (bicyclic) bond motifs is 2. The molecule has 1 aliphatic carbocycles. The van der Waals surface area contributed by atoms with Crippen molar-refractivity contribution >= 4 is 40.0 Å². The molecule has 5 nitrogen and oxygen atoms in total. The van der Waals surface area contributed by atoms with E-state index in [4.69, 9.17) is 0 Å². The molecular formula is C24H23F2N3O2S2. The molecule has 0 saturated heterocycles. The van der Waals surface area contributed by atoms with Crippen LogP contribution in [0.5, 0.6) is 0 Å². The van der Waals surface area contributed by atoms with Crippen LogP contribution in [0.3, 0.4) is 0 Å². The van der Waals surface area contributed by atoms with Crippen LogP contribution in [0.15, 0.2) is 18.2 Å². The summed E-state index contributed by atoms with van der Waals surface area (Å²) in [7, 11) is 0. The van der Waals surface area contributed by atoms with Gasteiger partial charge in [-0.15, -0.1) is 22.7 Å². The van der Waals surface area contributed by atoms with Crippen LogP contribution in [0.2, 0.25) is 0 Å². The van der Waals surface area contributed by atoms with Crippen molar-refractivity contribution in [3.8, 4) is 10.4 Å². The van der Waals surface area contributed by atoms with Crippen LogP contribution in [0.1, 0.15) is 49.6 Å². The molecule has 1 aromatic carbocycles. The van der Waals surface area contributed by atoms with Gasteiger partial charge in [0.2, 0.25) is 0 Å². The summed E-state index contributed by atoms with van der Waals surface area (Å²) in [5.41, 5.74) is 3.74. The van der Waals surface area contributed by atoms with Gasteiger partial charge in [0.1, 0.15) is 5.00 Å². The molecule has 2 aromatic heterocycles. The van der Waals surface area contributed by atoms with Crippen molar-refractivity contribution < 1.29 is 18.4 Å². The summed E-state index contributed by atoms with van der Waals surface area (Å²) < 4.78 is 28.5. The molecule has 172 valence electrons. The van der Waals surface area contributed by atoms with E-state index in [0.717, 1.165) is 72.6 Å². The number of urea groups is 1. The first kappa shape index (κ1) is 22.2. The second kappa shape index (κ2) is 9.32. The number of halogens is 2. The number of aldehydes is 1. The van der Waals surface area contributed by atoms with E-state index in [9.17, 15) is 18.4 Å². The molecule has 0 fully saturated rings. The molecule has 3 heterocycles. The lowest BCUT2D eigenvalue weighted by atomic mass is 9.96. The van der Waals surface area contributed by atoms with E-state index in [1.165, 1.54) is 33.6 Å². The Bertz CT molecular complexity index is 1240. The number of thiophene rings is 2. The predicted octanol–water partition coefficient (Wildman–Crippen LogP) is 5.41. The van der Waals surface area contributed by atoms with Crippen molar-refractivity contribution in [1.29, 1.82) is 0 Å². The molecule has 0 bridgehead atoms. The lowest BCUT2D eigenvalue weighted by molar-refractivity contribution is 0.112. The van der Waals surface area contributed by atoms with E-state index in [2.05, 4.69) is 16.0 Å². The number of benzene rings is 1. The minimum absolute atomic E-state index is 0.185. The maximum absolute atomic E-state index is 14.6. The van der Waals surface area contributed by atoms with E-state index in [-0.39, 0.29) is 12.1 Å². The van der Waals surface area contributed by atoms with Crippen LogP contribution >= 0.6 is 22.7 Å². The highest BCUT2D eigenvalue weighted by molar-refractivity contribution is 7.17. The zero-order chi connectivity index (χ0) is 22.9. The van der Waals surface area contributed by atoms with Gasteiger partial charge in [0, 0.05) is 33.3 Å². The maximum Gasteiger partial charge on any atom is 0.320 e. The zero-order valence-electron chi connectivity index (χ0n) is 17.9. The van der Waals surface area contributed by atoms with Gasteiger partial charge in [-0.05, 0) is 61.4 Å². The van der Waals surface area contributed by atoms with E-state index >= 15 is 0 Å². The topological polar surface area (TPSA) is 70.2 Å². The van der Waals surface area contributed by atoms with Gasteiger partial charge in [-0.1, -0.05) is 12.1 Å². The minimum Gasteiger partial charge on any atom is -0.334 e. The largest absolute Gasteiger partial charge is 0.334 e. The number of rotatable bonds is 5. The fraction of sp³-hybridized carbons (Fsp3) is 0.333. The molecular weight excluding hydrogens is 464 g/mol. The summed E-state index contributed by atoms with van der Waals surface area (Å²) in [5.74, 6) is -1.77. The van der Waals surface area contributed by atoms with E-state index in [1.54, 1.807) is 6.07 Å². The predicted molar refractivity (Wildman–Crippen MR) is 127 cm³/mol. The average Bonchev–Trinajstić information content (AvgIpc) is 3.36. The number of amides is 2. The SMILES string of the molecule is O=Cc1c(NC(=O)NCc2c(-c3cccc(F)c3F)sc3c2CCNC3)sc2c1CCCC2. The number of hydrogen-bond donors (Lipinski definition) is 3. The van der Waals surface area contributed by atoms with Crippen molar-refractivity contribution in [1.82, 2.24) is 10.6 Å². The summed E-state index contributed by atoms with van der Waals surface area (Å²) in [5, 5.41) is 9.58. The van der Waals surface area contributed by atoms with Crippen molar-refractivity contribution in [2.45, 2.75) is 45.2 Å². The fourth-order valence-electron chi connectivity index (χ4n) is 4.61. The highest BCUT2D eigenvalue weighted by Crippen LogP contribution is 2.40. The van der Waals surface area contributed by atoms with Crippen LogP contribution in [0.25, 0.3) is 10.4 Å². The van der Waals surface area contributed by atoms with Gasteiger partial charge in [-0.2, -0.15) is 0 Å². The summed E-state index contributed by atoms with van der Waals surface area (Å²) >= 11 is 2.90. The first-order chi connectivity index (χ1) is 16.1. The fourth-order valence-corrected chi connectivity index (χ4v) is 7.22. The lowest BCUT2D eigenvalue weighted by Gasteiger charge is -2.15. The summed E-state index contributed by atoms with van der Waals surface area (Å²) in [6.07, 6.45) is 5.52. The maximum atomic E-state index is 14.6. The summed E-state index contributed by atoms with van der Waals surface area (Å²) in [6.45, 7) is 1.64. The van der Waals surface area contributed by atoms with Crippen molar-refractivity contribution in [2.75, 3.05) is 11.9 Å². The van der Waals surface area contributed by atoms with Crippen LogP contribution in [0.4, 0.5) is 18.6 Å². The zero-order valence-corrected chi connectivity index (χ0v) is 19.5. The Labute approximate surface area is 198 Å². The molecule has 2 aliphatic rings. The minimum atomic E-state index is -0.892. The van der Waals surface area contributed by atoms with E-state index in [1.807, 2.05) is 0 Å². The molecule has 0 spiro atoms. The monoisotopic (exact) mass is 487 g/mol. The van der Waals surface area contributed by atoms with Gasteiger partial charge in [0.15, 0.2) is 17.9 Å². The quantitative estimate of drug-likeness (QED) is 0.421. The lowest BCUT2D eigenvalue weighted by Crippen LogP contribution is -2.29. The Morgan fingerprint density at radius 2 is 1.94 bits per heavy atom. The third-order valence-corrected chi connectivity index (χ3v) is 8.75. The number of anilines is 1. The molecule has 0 unspecified atom stereocenters. The van der Waals surface area contributed by atoms with Crippen LogP contribution in [0, 0.1) is 11.6 Å². The standard InChI is InChI=1S/C24H23F2N3O2S2/c25-18-6-3-5-15(21(18)26)22-16(14-8-9-27-11-20(14)32-22)10-28-24(31)29-23-17(12-30)13-4-1-2-7-19(13)33-23/h3,5-6,12,27H,1-2,4,7-11H2,(H2,28,29,31). The van der Waals surface area contributed by atoms with Crippen molar-refractivity contribution in [3.63, 3.8) is 0 Å². The third-order valence-electron chi connectivity index (χ3n) is 6.22. The second-order valence-corrected chi connectivity index (χ2v) is 10.4. The highest BCUT2D eigenvalue weighted by atomic mass is 32.1. The Kier molecular flexibility index (Phi) is 6.27. The smallest absolute Gasteiger partial charge is 0.320 e. The number of carbonyl (C=O) groups excluding carboxylic acids is 2. The number of carbonyl (C=O) groups is 2. The van der Waals surface area contributed by atoms with Crippen molar-refractivity contribution in [3.05, 3.63) is 61.8 Å². The molecule has 2 amide bonds. The van der Waals surface area contributed by atoms with Gasteiger partial charge in [-0.25, -0.2) is 13.6 Å². The molecule has 9 heteroatoms. The normalized spacial score (nSPS) is 15.0. The molecule has 0 atom stereocenters. The Hall–Kier alpha value is -2.62. The first-order valence-electron chi connectivity index (χ1n) is 11.0. The third kappa shape index (κ3) is 4.20. The molecule has 3 N–H and O–H groups in total. The molecule has 3 aromatic rings. The van der Waals surface area contributed by atoms with Crippen LogP contribution in [-0.2, 0) is 32.4 Å². The molecule has 33 heavy (non-hydrogen) atoms.